The summed E-state index contributed by atoms with van der Waals surface area (Å²) in [4.78, 5) is 24.9. The third kappa shape index (κ3) is 1.88. The van der Waals surface area contributed by atoms with Crippen LogP contribution in [-0.2, 0) is 4.79 Å². The van der Waals surface area contributed by atoms with E-state index in [2.05, 4.69) is 20.9 Å². The quantitative estimate of drug-likeness (QED) is 0.427. The van der Waals surface area contributed by atoms with E-state index in [1.54, 1.807) is 0 Å². The van der Waals surface area contributed by atoms with Gasteiger partial charge in [0.25, 0.3) is 5.78 Å². The molecule has 0 saturated carbocycles. The lowest BCUT2D eigenvalue weighted by atomic mass is 10.2. The highest BCUT2D eigenvalue weighted by atomic mass is 79.9. The fourth-order valence-corrected chi connectivity index (χ4v) is 0.876. The van der Waals surface area contributed by atoms with Gasteiger partial charge in [-0.1, -0.05) is 0 Å². The lowest BCUT2D eigenvalue weighted by Gasteiger charge is -1.93. The maximum Gasteiger partial charge on any atom is 0.310 e. The van der Waals surface area contributed by atoms with Crippen LogP contribution in [0, 0.1) is 0 Å². The van der Waals surface area contributed by atoms with Crippen molar-refractivity contribution < 1.29 is 9.59 Å². The van der Waals surface area contributed by atoms with Gasteiger partial charge in [0.05, 0.1) is 0 Å². The smallest absolute Gasteiger partial charge is 0.283 e. The number of Topliss-reactive ketones (excluding diaryl/α,β-unsaturated/α-hetero) is 1. The van der Waals surface area contributed by atoms with Crippen LogP contribution < -0.4 is 5.73 Å². The number of hydrogen-bond acceptors (Lipinski definition) is 3. The number of carbonyl (C=O) groups is 2. The van der Waals surface area contributed by atoms with E-state index in [4.69, 9.17) is 5.73 Å². The highest BCUT2D eigenvalue weighted by Gasteiger charge is 2.12. The topological polar surface area (TPSA) is 70.8 Å². The number of carbonyl (C=O) groups excluding carboxylic acids is 2. The predicted octanol–water partition coefficient (Wildman–Crippen LogP) is 0.836. The Balaban J connectivity index is 2.98. The van der Waals surface area contributed by atoms with Gasteiger partial charge in [-0.15, -0.1) is 0 Å². The summed E-state index contributed by atoms with van der Waals surface area (Å²) in [6.07, 6.45) is 1.25. The van der Waals surface area contributed by atoms with Crippen molar-refractivity contribution in [3.05, 3.63) is 28.5 Å². The lowest BCUT2D eigenvalue weighted by Crippen LogP contribution is -2.14. The summed E-state index contributed by atoms with van der Waals surface area (Å²) in [5, 5.41) is 0. The third-order valence-electron chi connectivity index (χ3n) is 1.20. The van der Waals surface area contributed by atoms with E-state index in [9.17, 15) is 9.59 Å². The van der Waals surface area contributed by atoms with Gasteiger partial charge in [0.1, 0.15) is 4.60 Å². The zero-order valence-corrected chi connectivity index (χ0v) is 7.46. The van der Waals surface area contributed by atoms with Crippen molar-refractivity contribution >= 4 is 27.6 Å². The minimum Gasteiger partial charge on any atom is -0.283 e. The molecule has 5 heteroatoms. The molecular formula is C7H4BrN2O2. The van der Waals surface area contributed by atoms with Gasteiger partial charge in [-0.05, 0) is 28.1 Å². The molecule has 0 saturated heterocycles. The second-order valence-corrected chi connectivity index (χ2v) is 2.84. The van der Waals surface area contributed by atoms with Crippen LogP contribution in [0.4, 0.5) is 0 Å². The molecule has 1 aromatic heterocycles. The Hall–Kier alpha value is -1.23. The molecule has 61 valence electrons. The molecule has 0 aliphatic heterocycles. The van der Waals surface area contributed by atoms with Gasteiger partial charge < -0.3 is 0 Å². The van der Waals surface area contributed by atoms with Crippen LogP contribution in [0.5, 0.6) is 0 Å². The molecule has 0 spiro atoms. The molecule has 0 atom stereocenters. The minimum absolute atomic E-state index is 0.137. The summed E-state index contributed by atoms with van der Waals surface area (Å²) in [6, 6.07) is 2.97. The van der Waals surface area contributed by atoms with Gasteiger partial charge in [0.15, 0.2) is 0 Å². The molecule has 0 aromatic carbocycles. The second kappa shape index (κ2) is 3.44. The van der Waals surface area contributed by atoms with E-state index in [0.717, 1.165) is 0 Å². The molecule has 1 heterocycles. The number of ketones is 1. The molecule has 1 aromatic rings. The van der Waals surface area contributed by atoms with Crippen molar-refractivity contribution in [2.45, 2.75) is 0 Å². The van der Waals surface area contributed by atoms with E-state index in [0.29, 0.717) is 4.60 Å². The van der Waals surface area contributed by atoms with Crippen LogP contribution >= 0.6 is 15.9 Å². The molecule has 1 N–H and O–H groups in total. The van der Waals surface area contributed by atoms with Crippen molar-refractivity contribution in [3.63, 3.8) is 0 Å². The Morgan fingerprint density at radius 3 is 2.50 bits per heavy atom. The number of pyridine rings is 1. The van der Waals surface area contributed by atoms with E-state index >= 15 is 0 Å². The van der Waals surface area contributed by atoms with Crippen LogP contribution in [0.25, 0.3) is 0 Å². The van der Waals surface area contributed by atoms with Crippen LogP contribution in [0.2, 0.25) is 0 Å². The maximum atomic E-state index is 10.9. The fourth-order valence-electron chi connectivity index (χ4n) is 0.641. The van der Waals surface area contributed by atoms with E-state index in [1.165, 1.54) is 18.3 Å². The van der Waals surface area contributed by atoms with E-state index in [-0.39, 0.29) is 5.56 Å². The SMILES string of the molecule is [NH]C(=O)C(=O)c1ccc(Br)nc1. The van der Waals surface area contributed by atoms with Gasteiger partial charge in [0, 0.05) is 11.8 Å². The highest BCUT2D eigenvalue weighted by molar-refractivity contribution is 9.10. The summed E-state index contributed by atoms with van der Waals surface area (Å²) >= 11 is 3.08. The summed E-state index contributed by atoms with van der Waals surface area (Å²) in [7, 11) is 0. The Bertz CT molecular complexity index is 321. The van der Waals surface area contributed by atoms with Gasteiger partial charge in [-0.2, -0.15) is 0 Å². The molecule has 1 amide bonds. The van der Waals surface area contributed by atoms with Gasteiger partial charge in [-0.25, -0.2) is 4.98 Å². The number of hydrogen-bond donors (Lipinski definition) is 0. The van der Waals surface area contributed by atoms with Crippen molar-refractivity contribution in [2.24, 2.45) is 0 Å². The Morgan fingerprint density at radius 1 is 1.42 bits per heavy atom. The normalized spacial score (nSPS) is 9.42. The van der Waals surface area contributed by atoms with Crippen molar-refractivity contribution in [3.8, 4) is 0 Å². The van der Waals surface area contributed by atoms with Gasteiger partial charge in [0.2, 0.25) is 0 Å². The Labute approximate surface area is 76.9 Å². The largest absolute Gasteiger partial charge is 0.310 e. The number of amides is 1. The standard InChI is InChI=1S/C7H4BrN2O2/c8-5-2-1-4(3-10-5)6(11)7(9)12/h1-3,9H. The third-order valence-corrected chi connectivity index (χ3v) is 1.66. The monoisotopic (exact) mass is 227 g/mol. The van der Waals surface area contributed by atoms with Crippen molar-refractivity contribution in [1.29, 1.82) is 0 Å². The second-order valence-electron chi connectivity index (χ2n) is 2.03. The maximum absolute atomic E-state index is 10.9. The molecule has 0 bridgehead atoms. The van der Waals surface area contributed by atoms with Crippen LogP contribution in [0.15, 0.2) is 22.9 Å². The average molecular weight is 228 g/mol. The molecule has 1 radical (unpaired) electrons. The number of rotatable bonds is 2. The fraction of sp³-hybridized carbons (Fsp3) is 0. The summed E-state index contributed by atoms with van der Waals surface area (Å²) in [5.74, 6) is -2.06. The number of nitrogens with one attached hydrogen (secondary N) is 1. The molecule has 1 rings (SSSR count). The van der Waals surface area contributed by atoms with Crippen LogP contribution in [0.3, 0.4) is 0 Å². The molecule has 0 aliphatic rings. The highest BCUT2D eigenvalue weighted by Crippen LogP contribution is 2.06. The first-order valence-electron chi connectivity index (χ1n) is 3.03. The molecule has 0 unspecified atom stereocenters. The Morgan fingerprint density at radius 2 is 2.08 bits per heavy atom. The number of halogens is 1. The average Bonchev–Trinajstić information content (AvgIpc) is 2.04. The zero-order valence-electron chi connectivity index (χ0n) is 5.87. The summed E-state index contributed by atoms with van der Waals surface area (Å²) in [5.41, 5.74) is 6.68. The first kappa shape index (κ1) is 8.86. The molecule has 0 aliphatic carbocycles. The van der Waals surface area contributed by atoms with E-state index in [1.807, 2.05) is 0 Å². The first-order chi connectivity index (χ1) is 5.61. The first-order valence-corrected chi connectivity index (χ1v) is 3.82. The van der Waals surface area contributed by atoms with Crippen LogP contribution in [-0.4, -0.2) is 16.7 Å². The zero-order chi connectivity index (χ0) is 9.14. The van der Waals surface area contributed by atoms with Crippen molar-refractivity contribution in [1.82, 2.24) is 10.7 Å². The molecule has 12 heavy (non-hydrogen) atoms. The Kier molecular flexibility index (Phi) is 2.54. The summed E-state index contributed by atoms with van der Waals surface area (Å²) in [6.45, 7) is 0. The van der Waals surface area contributed by atoms with Crippen molar-refractivity contribution in [2.75, 3.05) is 0 Å². The number of aromatic nitrogens is 1. The number of nitrogens with zero attached hydrogens (tertiary/aromatic N) is 1. The molecule has 4 nitrogen and oxygen atoms in total. The minimum atomic E-state index is -1.22. The van der Waals surface area contributed by atoms with Gasteiger partial charge in [-0.3, -0.25) is 15.3 Å². The summed E-state index contributed by atoms with van der Waals surface area (Å²) < 4.78 is 0.580. The van der Waals surface area contributed by atoms with Crippen LogP contribution in [0.1, 0.15) is 10.4 Å². The van der Waals surface area contributed by atoms with E-state index < -0.39 is 11.7 Å². The molecule has 0 fully saturated rings. The lowest BCUT2D eigenvalue weighted by molar-refractivity contribution is -0.114. The molecular weight excluding hydrogens is 224 g/mol. The predicted molar refractivity (Wildman–Crippen MR) is 44.4 cm³/mol. The van der Waals surface area contributed by atoms with Gasteiger partial charge >= 0.3 is 5.91 Å².